The minimum atomic E-state index is -0.00601. The van der Waals surface area contributed by atoms with E-state index < -0.39 is 0 Å². The van der Waals surface area contributed by atoms with Crippen molar-refractivity contribution in [3.8, 4) is 44.8 Å². The lowest BCUT2D eigenvalue weighted by atomic mass is 9.97. The molecule has 0 fully saturated rings. The van der Waals surface area contributed by atoms with Gasteiger partial charge in [0.05, 0.1) is 22.1 Å². The van der Waals surface area contributed by atoms with E-state index in [2.05, 4.69) is 215 Å². The van der Waals surface area contributed by atoms with Crippen LogP contribution < -0.4 is 0 Å². The van der Waals surface area contributed by atoms with Gasteiger partial charge in [0.25, 0.3) is 0 Å². The Morgan fingerprint density at radius 3 is 1.06 bits per heavy atom. The molecule has 0 saturated carbocycles. The zero-order valence-corrected chi connectivity index (χ0v) is 35.2. The van der Waals surface area contributed by atoms with E-state index in [-0.39, 0.29) is 5.78 Å². The Morgan fingerprint density at radius 1 is 0.344 bits per heavy atom. The molecule has 11 aromatic rings. The van der Waals surface area contributed by atoms with Gasteiger partial charge in [-0.3, -0.25) is 4.79 Å². The van der Waals surface area contributed by atoms with Crippen molar-refractivity contribution in [3.63, 3.8) is 0 Å². The number of ketones is 1. The first-order valence-corrected chi connectivity index (χ1v) is 22.1. The van der Waals surface area contributed by atoms with E-state index in [0.29, 0.717) is 11.1 Å². The van der Waals surface area contributed by atoms with Gasteiger partial charge in [-0.2, -0.15) is 0 Å². The second-order valence-corrected chi connectivity index (χ2v) is 16.8. The molecule has 9 aromatic carbocycles. The molecule has 0 spiro atoms. The number of benzene rings is 9. The quantitative estimate of drug-likeness (QED) is 0.140. The zero-order valence-electron chi connectivity index (χ0n) is 35.2. The van der Waals surface area contributed by atoms with Crippen molar-refractivity contribution in [2.24, 2.45) is 0 Å². The Hall–Kier alpha value is -8.27. The van der Waals surface area contributed by atoms with Crippen LogP contribution >= 0.6 is 0 Å². The maximum Gasteiger partial charge on any atom is 0.193 e. The topological polar surface area (TPSA) is 26.9 Å². The number of allylic oxidation sites excluding steroid dienone is 4. The second-order valence-electron chi connectivity index (χ2n) is 16.8. The van der Waals surface area contributed by atoms with E-state index in [0.717, 1.165) is 46.3 Å². The summed E-state index contributed by atoms with van der Waals surface area (Å²) < 4.78 is 4.65. The van der Waals surface area contributed by atoms with Crippen LogP contribution in [-0.4, -0.2) is 14.9 Å². The average Bonchev–Trinajstić information content (AvgIpc) is 3.88. The van der Waals surface area contributed by atoms with Crippen LogP contribution in [0.5, 0.6) is 0 Å². The van der Waals surface area contributed by atoms with Gasteiger partial charge in [-0.1, -0.05) is 133 Å². The minimum Gasteiger partial charge on any atom is -0.309 e. The highest BCUT2D eigenvalue weighted by Gasteiger charge is 2.18. The lowest BCUT2D eigenvalue weighted by Crippen LogP contribution is -2.03. The van der Waals surface area contributed by atoms with E-state index in [1.54, 1.807) is 0 Å². The van der Waals surface area contributed by atoms with Crippen molar-refractivity contribution >= 4 is 55.0 Å². The van der Waals surface area contributed by atoms with Crippen LogP contribution in [0.15, 0.2) is 231 Å². The highest BCUT2D eigenvalue weighted by Crippen LogP contribution is 2.39. The van der Waals surface area contributed by atoms with E-state index in [9.17, 15) is 4.79 Å². The molecule has 64 heavy (non-hydrogen) atoms. The number of carbonyl (C=O) groups is 1. The Balaban J connectivity index is 0.896. The Bertz CT molecular complexity index is 3530. The Morgan fingerprint density at radius 2 is 0.703 bits per heavy atom. The normalized spacial score (nSPS) is 12.7. The van der Waals surface area contributed by atoms with Crippen LogP contribution in [0, 0.1) is 0 Å². The van der Waals surface area contributed by atoms with Gasteiger partial charge < -0.3 is 9.13 Å². The third kappa shape index (κ3) is 6.49. The molecule has 3 heteroatoms. The first-order valence-electron chi connectivity index (χ1n) is 22.1. The minimum absolute atomic E-state index is 0.00601. The highest BCUT2D eigenvalue weighted by molar-refractivity contribution is 6.13. The highest BCUT2D eigenvalue weighted by atomic mass is 16.1. The molecule has 0 N–H and O–H groups in total. The molecule has 2 heterocycles. The zero-order chi connectivity index (χ0) is 42.6. The summed E-state index contributed by atoms with van der Waals surface area (Å²) >= 11 is 0. The standard InChI is InChI=1S/C61H42N2O/c64-61(45-21-29-51(30-22-45)62-57-33-25-47(41-13-5-1-6-14-41)37-53(57)54-38-48(26-34-58(54)62)42-15-7-2-8-16-42)46-23-31-52(32-24-46)63-59-35-27-49(43-17-9-3-10-18-43)39-55(59)56-40-50(28-36-60(56)63)44-19-11-4-12-20-44/h1-3,5-11,13-40H,4,12H2. The summed E-state index contributed by atoms with van der Waals surface area (Å²) in [5.41, 5.74) is 17.5. The van der Waals surface area contributed by atoms with Gasteiger partial charge in [0.2, 0.25) is 0 Å². The molecule has 1 aliphatic rings. The smallest absolute Gasteiger partial charge is 0.193 e. The van der Waals surface area contributed by atoms with Crippen molar-refractivity contribution in [3.05, 3.63) is 247 Å². The molecule has 0 radical (unpaired) electrons. The van der Waals surface area contributed by atoms with Crippen LogP contribution in [0.4, 0.5) is 0 Å². The molecule has 3 nitrogen and oxygen atoms in total. The first-order chi connectivity index (χ1) is 31.6. The number of aromatic nitrogens is 2. The maximum atomic E-state index is 14.2. The van der Waals surface area contributed by atoms with Crippen molar-refractivity contribution in [2.75, 3.05) is 0 Å². The molecule has 0 unspecified atom stereocenters. The van der Waals surface area contributed by atoms with Gasteiger partial charge in [0, 0.05) is 44.0 Å². The summed E-state index contributed by atoms with van der Waals surface area (Å²) in [6.07, 6.45) is 9.00. The molecule has 12 rings (SSSR count). The van der Waals surface area contributed by atoms with Gasteiger partial charge in [-0.05, 0) is 154 Å². The SMILES string of the molecule is O=C(c1ccc(-n2c3ccc(C4=CCCC=C4)cc3c3cc(-c4ccccc4)ccc32)cc1)c1ccc(-n2c3ccc(-c4ccccc4)cc3c3cc(-c4ccccc4)ccc32)cc1. The summed E-state index contributed by atoms with van der Waals surface area (Å²) in [7, 11) is 0. The van der Waals surface area contributed by atoms with Gasteiger partial charge in [0.1, 0.15) is 0 Å². The van der Waals surface area contributed by atoms with E-state index in [1.165, 1.54) is 66.1 Å². The van der Waals surface area contributed by atoms with Gasteiger partial charge in [-0.25, -0.2) is 0 Å². The maximum absolute atomic E-state index is 14.2. The molecule has 0 bridgehead atoms. The lowest BCUT2D eigenvalue weighted by molar-refractivity contribution is 0.103. The van der Waals surface area contributed by atoms with E-state index in [4.69, 9.17) is 0 Å². The molecular formula is C61H42N2O. The monoisotopic (exact) mass is 818 g/mol. The predicted molar refractivity (Wildman–Crippen MR) is 268 cm³/mol. The molecule has 2 aromatic heterocycles. The van der Waals surface area contributed by atoms with E-state index >= 15 is 0 Å². The number of hydrogen-bond donors (Lipinski definition) is 0. The molecular weight excluding hydrogens is 777 g/mol. The summed E-state index contributed by atoms with van der Waals surface area (Å²) in [6.45, 7) is 0. The van der Waals surface area contributed by atoms with Gasteiger partial charge in [-0.15, -0.1) is 0 Å². The third-order valence-corrected chi connectivity index (χ3v) is 13.0. The number of rotatable bonds is 8. The average molecular weight is 819 g/mol. The third-order valence-electron chi connectivity index (χ3n) is 13.0. The fourth-order valence-electron chi connectivity index (χ4n) is 9.73. The van der Waals surface area contributed by atoms with Crippen LogP contribution in [0.1, 0.15) is 34.3 Å². The lowest BCUT2D eigenvalue weighted by Gasteiger charge is -2.11. The number of carbonyl (C=O) groups excluding carboxylic acids is 1. The van der Waals surface area contributed by atoms with Crippen LogP contribution in [-0.2, 0) is 0 Å². The Kier molecular flexibility index (Phi) is 9.12. The molecule has 1 aliphatic carbocycles. The summed E-state index contributed by atoms with van der Waals surface area (Å²) in [5.74, 6) is -0.00601. The fourth-order valence-corrected chi connectivity index (χ4v) is 9.73. The Labute approximate surface area is 372 Å². The fraction of sp³-hybridized carbons (Fsp3) is 0.0328. The number of nitrogens with zero attached hydrogens (tertiary/aromatic N) is 2. The molecule has 0 atom stereocenters. The molecule has 0 aliphatic heterocycles. The first kappa shape index (κ1) is 37.5. The molecule has 0 saturated heterocycles. The number of hydrogen-bond acceptors (Lipinski definition) is 1. The summed E-state index contributed by atoms with van der Waals surface area (Å²) in [6, 6.07) is 74.9. The molecule has 302 valence electrons. The summed E-state index contributed by atoms with van der Waals surface area (Å²) in [4.78, 5) is 14.2. The van der Waals surface area contributed by atoms with Crippen molar-refractivity contribution in [1.82, 2.24) is 9.13 Å². The van der Waals surface area contributed by atoms with Crippen LogP contribution in [0.2, 0.25) is 0 Å². The molecule has 0 amide bonds. The van der Waals surface area contributed by atoms with E-state index in [1.807, 2.05) is 24.3 Å². The largest absolute Gasteiger partial charge is 0.309 e. The van der Waals surface area contributed by atoms with Gasteiger partial charge >= 0.3 is 0 Å². The van der Waals surface area contributed by atoms with Crippen molar-refractivity contribution in [1.29, 1.82) is 0 Å². The predicted octanol–water partition coefficient (Wildman–Crippen LogP) is 15.8. The summed E-state index contributed by atoms with van der Waals surface area (Å²) in [5, 5.41) is 4.79. The van der Waals surface area contributed by atoms with Crippen molar-refractivity contribution in [2.45, 2.75) is 12.8 Å². The van der Waals surface area contributed by atoms with Crippen LogP contribution in [0.25, 0.3) is 93.9 Å². The number of fused-ring (bicyclic) bond motifs is 6. The second kappa shape index (κ2) is 15.6. The van der Waals surface area contributed by atoms with Gasteiger partial charge in [0.15, 0.2) is 5.78 Å². The van der Waals surface area contributed by atoms with Crippen molar-refractivity contribution < 1.29 is 4.79 Å². The van der Waals surface area contributed by atoms with Crippen LogP contribution in [0.3, 0.4) is 0 Å².